The predicted octanol–water partition coefficient (Wildman–Crippen LogP) is 8.80. The largest absolute Gasteiger partial charge is 0.472 e. The molecule has 8 atom stereocenters. The van der Waals surface area contributed by atoms with E-state index in [2.05, 4.69) is 25.3 Å². The minimum Gasteiger partial charge on any atom is -0.462 e. The Morgan fingerprint density at radius 1 is 0.717 bits per heavy atom. The molecular weight excluding hydrogens is 791 g/mol. The zero-order valence-corrected chi connectivity index (χ0v) is 38.3. The van der Waals surface area contributed by atoms with Crippen molar-refractivity contribution < 1.29 is 63.1 Å². The van der Waals surface area contributed by atoms with E-state index in [1.54, 1.807) is 6.08 Å². The number of carbonyl (C=O) groups is 2. The number of phosphoric ester groups is 1. The van der Waals surface area contributed by atoms with Crippen LogP contribution in [0, 0.1) is 17.8 Å². The molecule has 1 aliphatic rings. The standard InChI is InChI=1S/C46H85O13P/c1-4-5-20-26-38(48)30-31-42-41(43(50)32-44(42)51)27-22-18-19-23-28-45(52)56-35-40(36-58-60(54,55)57-34-39(49)33-47)59-46(53)29-24-17-15-13-11-9-7-6-8-10-12-14-16-21-25-37(2)3/h18,22,30-31,37-44,47-51H,4-17,19-21,23-29,32-36H2,1-3H3,(H,54,55)/b22-18+,31-30+/t38-,39-,40+,41+,42+,43-,44+/m0/s1. The molecule has 1 saturated carbocycles. The van der Waals surface area contributed by atoms with E-state index in [1.807, 2.05) is 18.2 Å². The van der Waals surface area contributed by atoms with E-state index in [-0.39, 0.29) is 31.1 Å². The lowest BCUT2D eigenvalue weighted by Crippen LogP contribution is -2.29. The lowest BCUT2D eigenvalue weighted by atomic mass is 9.89. The average Bonchev–Trinajstić information content (AvgIpc) is 3.48. The lowest BCUT2D eigenvalue weighted by Gasteiger charge is -2.20. The Kier molecular flexibility index (Phi) is 33.6. The summed E-state index contributed by atoms with van der Waals surface area (Å²) in [5.41, 5.74) is 0. The second-order valence-corrected chi connectivity index (χ2v) is 18.7. The Morgan fingerprint density at radius 3 is 1.88 bits per heavy atom. The van der Waals surface area contributed by atoms with Crippen LogP contribution in [0.15, 0.2) is 24.3 Å². The molecule has 13 nitrogen and oxygen atoms in total. The molecule has 0 saturated heterocycles. The topological polar surface area (TPSA) is 210 Å². The van der Waals surface area contributed by atoms with Crippen molar-refractivity contribution in [3.63, 3.8) is 0 Å². The summed E-state index contributed by atoms with van der Waals surface area (Å²) in [4.78, 5) is 35.2. The molecule has 0 aromatic rings. The Hall–Kier alpha value is -1.67. The van der Waals surface area contributed by atoms with E-state index in [0.717, 1.165) is 44.4 Å². The first-order valence-corrected chi connectivity index (χ1v) is 24.9. The summed E-state index contributed by atoms with van der Waals surface area (Å²) in [6.45, 7) is 4.35. The first-order valence-electron chi connectivity index (χ1n) is 23.4. The Bertz CT molecular complexity index is 1180. The molecule has 0 aromatic heterocycles. The van der Waals surface area contributed by atoms with Crippen molar-refractivity contribution in [2.24, 2.45) is 17.8 Å². The number of ether oxygens (including phenoxy) is 2. The fourth-order valence-corrected chi connectivity index (χ4v) is 8.20. The van der Waals surface area contributed by atoms with Gasteiger partial charge in [0.2, 0.25) is 0 Å². The first-order chi connectivity index (χ1) is 28.8. The van der Waals surface area contributed by atoms with Gasteiger partial charge in [-0.15, -0.1) is 0 Å². The molecule has 60 heavy (non-hydrogen) atoms. The maximum absolute atomic E-state index is 12.7. The molecule has 1 aliphatic carbocycles. The molecule has 0 bridgehead atoms. The van der Waals surface area contributed by atoms with Crippen molar-refractivity contribution in [1.29, 1.82) is 0 Å². The van der Waals surface area contributed by atoms with E-state index in [9.17, 15) is 39.5 Å². The highest BCUT2D eigenvalue weighted by molar-refractivity contribution is 7.47. The summed E-state index contributed by atoms with van der Waals surface area (Å²) in [5.74, 6) is -0.737. The van der Waals surface area contributed by atoms with Crippen molar-refractivity contribution in [1.82, 2.24) is 0 Å². The summed E-state index contributed by atoms with van der Waals surface area (Å²) < 4.78 is 32.8. The lowest BCUT2D eigenvalue weighted by molar-refractivity contribution is -0.161. The fraction of sp³-hybridized carbons (Fsp3) is 0.870. The van der Waals surface area contributed by atoms with Gasteiger partial charge in [-0.05, 0) is 43.9 Å². The second-order valence-electron chi connectivity index (χ2n) is 17.2. The molecule has 0 aromatic carbocycles. The van der Waals surface area contributed by atoms with Gasteiger partial charge in [0, 0.05) is 25.2 Å². The van der Waals surface area contributed by atoms with E-state index in [4.69, 9.17) is 19.1 Å². The number of aliphatic hydroxyl groups is 5. The third-order valence-corrected chi connectivity index (χ3v) is 12.1. The highest BCUT2D eigenvalue weighted by Gasteiger charge is 2.39. The van der Waals surface area contributed by atoms with Gasteiger partial charge in [0.15, 0.2) is 6.10 Å². The number of hydrogen-bond acceptors (Lipinski definition) is 12. The van der Waals surface area contributed by atoms with Gasteiger partial charge in [0.25, 0.3) is 0 Å². The van der Waals surface area contributed by atoms with Crippen LogP contribution in [0.3, 0.4) is 0 Å². The third kappa shape index (κ3) is 30.4. The molecule has 6 N–H and O–H groups in total. The van der Waals surface area contributed by atoms with Gasteiger partial charge in [-0.3, -0.25) is 18.6 Å². The second kappa shape index (κ2) is 35.8. The Labute approximate surface area is 362 Å². The summed E-state index contributed by atoms with van der Waals surface area (Å²) in [6, 6.07) is 0. The van der Waals surface area contributed by atoms with Crippen LogP contribution >= 0.6 is 7.82 Å². The molecule has 0 amide bonds. The SMILES string of the molecule is CCCCC[C@H](O)/C=C/[C@@H]1[C@@H](C/C=C/CCCC(=O)OC[C@H](COP(=O)(O)OC[C@@H](O)CO)OC(=O)CCCCCCCCCCCCCCCCC(C)C)[C@@H](O)C[C@H]1O. The van der Waals surface area contributed by atoms with Gasteiger partial charge in [-0.1, -0.05) is 154 Å². The molecule has 0 aliphatic heterocycles. The molecule has 0 spiro atoms. The van der Waals surface area contributed by atoms with Crippen LogP contribution in [0.5, 0.6) is 0 Å². The van der Waals surface area contributed by atoms with Crippen LogP contribution in [-0.2, 0) is 32.7 Å². The van der Waals surface area contributed by atoms with E-state index in [0.29, 0.717) is 32.1 Å². The monoisotopic (exact) mass is 877 g/mol. The summed E-state index contributed by atoms with van der Waals surface area (Å²) in [6.07, 6.45) is 26.7. The number of rotatable bonds is 39. The molecule has 14 heteroatoms. The van der Waals surface area contributed by atoms with Crippen LogP contribution in [0.2, 0.25) is 0 Å². The number of carbonyl (C=O) groups excluding carboxylic acids is 2. The molecule has 0 radical (unpaired) electrons. The predicted molar refractivity (Wildman–Crippen MR) is 235 cm³/mol. The highest BCUT2D eigenvalue weighted by atomic mass is 31.2. The number of aliphatic hydroxyl groups excluding tert-OH is 5. The first kappa shape index (κ1) is 56.3. The molecule has 352 valence electrons. The van der Waals surface area contributed by atoms with Crippen LogP contribution in [0.4, 0.5) is 0 Å². The van der Waals surface area contributed by atoms with Gasteiger partial charge in [-0.25, -0.2) is 4.57 Å². The van der Waals surface area contributed by atoms with Crippen LogP contribution < -0.4 is 0 Å². The van der Waals surface area contributed by atoms with Crippen molar-refractivity contribution in [2.75, 3.05) is 26.4 Å². The zero-order chi connectivity index (χ0) is 44.4. The van der Waals surface area contributed by atoms with Gasteiger partial charge in [0.05, 0.1) is 38.1 Å². The number of phosphoric acid groups is 1. The zero-order valence-electron chi connectivity index (χ0n) is 37.4. The van der Waals surface area contributed by atoms with Crippen molar-refractivity contribution >= 4 is 19.8 Å². The van der Waals surface area contributed by atoms with E-state index < -0.39 is 76.7 Å². The van der Waals surface area contributed by atoms with Gasteiger partial charge in [0.1, 0.15) is 12.7 Å². The molecule has 1 unspecified atom stereocenters. The molecule has 1 rings (SSSR count). The summed E-state index contributed by atoms with van der Waals surface area (Å²) in [5, 5.41) is 49.7. The van der Waals surface area contributed by atoms with Crippen LogP contribution in [-0.4, -0.2) is 99.3 Å². The van der Waals surface area contributed by atoms with Crippen molar-refractivity contribution in [2.45, 2.75) is 212 Å². The number of unbranched alkanes of at least 4 members (excludes halogenated alkanes) is 16. The number of hydrogen-bond donors (Lipinski definition) is 6. The van der Waals surface area contributed by atoms with Crippen LogP contribution in [0.25, 0.3) is 0 Å². The molecular formula is C46H85O13P. The average molecular weight is 877 g/mol. The maximum Gasteiger partial charge on any atom is 0.472 e. The van der Waals surface area contributed by atoms with E-state index >= 15 is 0 Å². The molecule has 0 heterocycles. The fourth-order valence-electron chi connectivity index (χ4n) is 7.41. The third-order valence-electron chi connectivity index (χ3n) is 11.1. The minimum absolute atomic E-state index is 0.0667. The normalized spacial score (nSPS) is 20.8. The van der Waals surface area contributed by atoms with Gasteiger partial charge < -0.3 is 39.9 Å². The maximum atomic E-state index is 12.7. The smallest absolute Gasteiger partial charge is 0.462 e. The van der Waals surface area contributed by atoms with Crippen molar-refractivity contribution in [3.05, 3.63) is 24.3 Å². The van der Waals surface area contributed by atoms with Gasteiger partial charge >= 0.3 is 19.8 Å². The van der Waals surface area contributed by atoms with Gasteiger partial charge in [-0.2, -0.15) is 0 Å². The Morgan fingerprint density at radius 2 is 1.28 bits per heavy atom. The van der Waals surface area contributed by atoms with Crippen molar-refractivity contribution in [3.8, 4) is 0 Å². The molecule has 1 fully saturated rings. The summed E-state index contributed by atoms with van der Waals surface area (Å²) >= 11 is 0. The highest BCUT2D eigenvalue weighted by Crippen LogP contribution is 2.43. The van der Waals surface area contributed by atoms with E-state index in [1.165, 1.54) is 70.6 Å². The quantitative estimate of drug-likeness (QED) is 0.0148. The number of allylic oxidation sites excluding steroid dienone is 2. The van der Waals surface area contributed by atoms with Crippen LogP contribution in [0.1, 0.15) is 181 Å². The summed E-state index contributed by atoms with van der Waals surface area (Å²) in [7, 11) is -4.68. The number of esters is 2. The minimum atomic E-state index is -4.68. The Balaban J connectivity index is 2.43.